The lowest BCUT2D eigenvalue weighted by Gasteiger charge is -2.33. The first-order chi connectivity index (χ1) is 8.87. The summed E-state index contributed by atoms with van der Waals surface area (Å²) in [6.07, 6.45) is 0.825. The fraction of sp³-hybridized carbons (Fsp3) is 0.714. The molecule has 0 radical (unpaired) electrons. The lowest BCUT2D eigenvalue weighted by molar-refractivity contribution is 0.0872. The summed E-state index contributed by atoms with van der Waals surface area (Å²) in [5.41, 5.74) is 6.95. The molecule has 0 saturated carbocycles. The van der Waals surface area contributed by atoms with Gasteiger partial charge in [-0.25, -0.2) is 0 Å². The number of aromatic nitrogens is 2. The van der Waals surface area contributed by atoms with Gasteiger partial charge >= 0.3 is 0 Å². The number of amides is 1. The van der Waals surface area contributed by atoms with Gasteiger partial charge in [-0.3, -0.25) is 9.48 Å². The predicted octanol–water partition coefficient (Wildman–Crippen LogP) is 1.57. The summed E-state index contributed by atoms with van der Waals surface area (Å²) >= 11 is 0. The fourth-order valence-corrected chi connectivity index (χ4v) is 1.82. The first kappa shape index (κ1) is 15.7. The van der Waals surface area contributed by atoms with Gasteiger partial charge in [0.25, 0.3) is 5.91 Å². The van der Waals surface area contributed by atoms with Crippen LogP contribution in [0.25, 0.3) is 0 Å². The molecule has 0 spiro atoms. The van der Waals surface area contributed by atoms with Crippen LogP contribution in [0.3, 0.4) is 0 Å². The molecule has 0 aliphatic carbocycles. The van der Waals surface area contributed by atoms with Crippen molar-refractivity contribution in [2.24, 2.45) is 11.7 Å². The Hall–Kier alpha value is -1.36. The van der Waals surface area contributed by atoms with E-state index in [2.05, 4.69) is 24.3 Å². The highest BCUT2D eigenvalue weighted by Crippen LogP contribution is 2.16. The van der Waals surface area contributed by atoms with E-state index in [1.807, 2.05) is 26.8 Å². The molecule has 0 aliphatic heterocycles. The van der Waals surface area contributed by atoms with Crippen LogP contribution in [0.5, 0.6) is 0 Å². The third kappa shape index (κ3) is 3.35. The Bertz CT molecular complexity index is 439. The summed E-state index contributed by atoms with van der Waals surface area (Å²) in [4.78, 5) is 12.4. The molecule has 0 fully saturated rings. The van der Waals surface area contributed by atoms with Gasteiger partial charge in [0, 0.05) is 13.1 Å². The van der Waals surface area contributed by atoms with Gasteiger partial charge in [-0.15, -0.1) is 0 Å². The van der Waals surface area contributed by atoms with E-state index in [4.69, 9.17) is 5.73 Å². The van der Waals surface area contributed by atoms with Gasteiger partial charge < -0.3 is 11.1 Å². The average molecular weight is 266 g/mol. The van der Waals surface area contributed by atoms with Crippen molar-refractivity contribution in [2.75, 3.05) is 6.54 Å². The topological polar surface area (TPSA) is 72.9 Å². The lowest BCUT2D eigenvalue weighted by Crippen LogP contribution is -2.55. The highest BCUT2D eigenvalue weighted by molar-refractivity contribution is 5.93. The van der Waals surface area contributed by atoms with Gasteiger partial charge in [0.15, 0.2) is 0 Å². The van der Waals surface area contributed by atoms with Crippen LogP contribution in [-0.2, 0) is 13.0 Å². The predicted molar refractivity (Wildman–Crippen MR) is 77.0 cm³/mol. The Balaban J connectivity index is 2.97. The van der Waals surface area contributed by atoms with E-state index in [1.54, 1.807) is 4.68 Å². The number of nitrogens with zero attached hydrogens (tertiary/aromatic N) is 2. The van der Waals surface area contributed by atoms with Gasteiger partial charge in [-0.1, -0.05) is 20.8 Å². The van der Waals surface area contributed by atoms with Crippen molar-refractivity contribution in [3.8, 4) is 0 Å². The Morgan fingerprint density at radius 3 is 2.58 bits per heavy atom. The SMILES string of the molecule is CCc1cc(C(=O)NC(C)(CN)C(C)C)n(CC)n1. The van der Waals surface area contributed by atoms with Crippen LogP contribution >= 0.6 is 0 Å². The summed E-state index contributed by atoms with van der Waals surface area (Å²) in [6, 6.07) is 1.86. The molecular formula is C14H26N4O. The number of rotatable bonds is 6. The standard InChI is InChI=1S/C14H26N4O/c1-6-11-8-12(18(7-2)17-11)13(19)16-14(5,9-15)10(3)4/h8,10H,6-7,9,15H2,1-5H3,(H,16,19). The number of carbonyl (C=O) groups is 1. The first-order valence-electron chi connectivity index (χ1n) is 6.97. The third-order valence-corrected chi connectivity index (χ3v) is 3.82. The molecule has 0 bridgehead atoms. The highest BCUT2D eigenvalue weighted by Gasteiger charge is 2.30. The average Bonchev–Trinajstić information content (AvgIpc) is 2.81. The minimum absolute atomic E-state index is 0.101. The van der Waals surface area contributed by atoms with Gasteiger partial charge in [0.05, 0.1) is 11.2 Å². The second kappa shape index (κ2) is 6.19. The van der Waals surface area contributed by atoms with E-state index in [1.165, 1.54) is 0 Å². The minimum Gasteiger partial charge on any atom is -0.344 e. The molecule has 1 amide bonds. The zero-order valence-corrected chi connectivity index (χ0v) is 12.7. The normalized spacial score (nSPS) is 14.5. The summed E-state index contributed by atoms with van der Waals surface area (Å²) in [5, 5.41) is 7.44. The molecule has 1 heterocycles. The Morgan fingerprint density at radius 2 is 2.16 bits per heavy atom. The van der Waals surface area contributed by atoms with Crippen LogP contribution in [0.4, 0.5) is 0 Å². The second-order valence-corrected chi connectivity index (χ2v) is 5.42. The highest BCUT2D eigenvalue weighted by atomic mass is 16.2. The van der Waals surface area contributed by atoms with E-state index < -0.39 is 5.54 Å². The van der Waals surface area contributed by atoms with Gasteiger partial charge in [-0.05, 0) is 32.3 Å². The van der Waals surface area contributed by atoms with Crippen molar-refractivity contribution in [3.63, 3.8) is 0 Å². The van der Waals surface area contributed by atoms with E-state index >= 15 is 0 Å². The number of carbonyl (C=O) groups excluding carboxylic acids is 1. The molecule has 1 rings (SSSR count). The summed E-state index contributed by atoms with van der Waals surface area (Å²) in [7, 11) is 0. The number of hydrogen-bond acceptors (Lipinski definition) is 3. The molecule has 108 valence electrons. The Morgan fingerprint density at radius 1 is 1.53 bits per heavy atom. The Kier molecular flexibility index (Phi) is 5.11. The summed E-state index contributed by atoms with van der Waals surface area (Å²) in [5.74, 6) is 0.167. The van der Waals surface area contributed by atoms with Gasteiger partial charge in [0.1, 0.15) is 5.69 Å². The molecule has 0 saturated heterocycles. The van der Waals surface area contributed by atoms with Crippen molar-refractivity contribution in [1.29, 1.82) is 0 Å². The molecule has 1 aromatic rings. The van der Waals surface area contributed by atoms with Crippen molar-refractivity contribution >= 4 is 5.91 Å². The molecule has 5 heteroatoms. The zero-order chi connectivity index (χ0) is 14.6. The maximum absolute atomic E-state index is 12.4. The molecule has 19 heavy (non-hydrogen) atoms. The molecule has 0 aliphatic rings. The summed E-state index contributed by atoms with van der Waals surface area (Å²) in [6.45, 7) is 11.2. The molecule has 0 aromatic carbocycles. The number of nitrogens with one attached hydrogen (secondary N) is 1. The maximum atomic E-state index is 12.4. The smallest absolute Gasteiger partial charge is 0.270 e. The van der Waals surface area contributed by atoms with E-state index in [-0.39, 0.29) is 11.8 Å². The van der Waals surface area contributed by atoms with E-state index in [0.29, 0.717) is 18.8 Å². The van der Waals surface area contributed by atoms with Crippen molar-refractivity contribution in [2.45, 2.75) is 53.1 Å². The maximum Gasteiger partial charge on any atom is 0.270 e. The van der Waals surface area contributed by atoms with E-state index in [9.17, 15) is 4.79 Å². The van der Waals surface area contributed by atoms with Crippen LogP contribution in [0.1, 0.15) is 50.8 Å². The van der Waals surface area contributed by atoms with Crippen LogP contribution in [0.15, 0.2) is 6.07 Å². The zero-order valence-electron chi connectivity index (χ0n) is 12.7. The molecule has 5 nitrogen and oxygen atoms in total. The van der Waals surface area contributed by atoms with Gasteiger partial charge in [-0.2, -0.15) is 5.10 Å². The second-order valence-electron chi connectivity index (χ2n) is 5.42. The van der Waals surface area contributed by atoms with Crippen LogP contribution in [0.2, 0.25) is 0 Å². The molecule has 1 atom stereocenters. The van der Waals surface area contributed by atoms with Crippen molar-refractivity contribution in [3.05, 3.63) is 17.5 Å². The summed E-state index contributed by atoms with van der Waals surface area (Å²) < 4.78 is 1.74. The van der Waals surface area contributed by atoms with Crippen molar-refractivity contribution < 1.29 is 4.79 Å². The van der Waals surface area contributed by atoms with Crippen molar-refractivity contribution in [1.82, 2.24) is 15.1 Å². The first-order valence-corrected chi connectivity index (χ1v) is 6.97. The lowest BCUT2D eigenvalue weighted by atomic mass is 9.88. The van der Waals surface area contributed by atoms with Crippen LogP contribution < -0.4 is 11.1 Å². The number of aryl methyl sites for hydroxylation is 2. The molecule has 1 aromatic heterocycles. The molecular weight excluding hydrogens is 240 g/mol. The minimum atomic E-state index is -0.397. The number of hydrogen-bond donors (Lipinski definition) is 2. The largest absolute Gasteiger partial charge is 0.344 e. The van der Waals surface area contributed by atoms with Gasteiger partial charge in [0.2, 0.25) is 0 Å². The van der Waals surface area contributed by atoms with E-state index in [0.717, 1.165) is 12.1 Å². The number of nitrogens with two attached hydrogens (primary N) is 1. The molecule has 3 N–H and O–H groups in total. The van der Waals surface area contributed by atoms with Crippen LogP contribution in [-0.4, -0.2) is 27.8 Å². The fourth-order valence-electron chi connectivity index (χ4n) is 1.82. The monoisotopic (exact) mass is 266 g/mol. The van der Waals surface area contributed by atoms with Crippen LogP contribution in [0, 0.1) is 5.92 Å². The molecule has 1 unspecified atom stereocenters. The Labute approximate surface area is 115 Å². The third-order valence-electron chi connectivity index (χ3n) is 3.82. The quantitative estimate of drug-likeness (QED) is 0.821.